The summed E-state index contributed by atoms with van der Waals surface area (Å²) >= 11 is 0. The SMILES string of the molecule is NC1(C(O)C2CCCC2)CCCC1. The summed E-state index contributed by atoms with van der Waals surface area (Å²) < 4.78 is 0. The Balaban J connectivity index is 1.97. The number of aliphatic hydroxyl groups excluding tert-OH is 1. The van der Waals surface area contributed by atoms with Crippen molar-refractivity contribution in [2.75, 3.05) is 0 Å². The number of rotatable bonds is 2. The fraction of sp³-hybridized carbons (Fsp3) is 1.00. The Labute approximate surface area is 80.5 Å². The molecule has 2 aliphatic rings. The van der Waals surface area contributed by atoms with Crippen LogP contribution in [0, 0.1) is 5.92 Å². The van der Waals surface area contributed by atoms with E-state index >= 15 is 0 Å². The zero-order valence-electron chi connectivity index (χ0n) is 8.34. The molecule has 2 fully saturated rings. The van der Waals surface area contributed by atoms with Gasteiger partial charge in [-0.05, 0) is 31.6 Å². The topological polar surface area (TPSA) is 46.2 Å². The van der Waals surface area contributed by atoms with Gasteiger partial charge in [-0.1, -0.05) is 25.7 Å². The van der Waals surface area contributed by atoms with Crippen molar-refractivity contribution < 1.29 is 5.11 Å². The number of aliphatic hydroxyl groups is 1. The highest BCUT2D eigenvalue weighted by Crippen LogP contribution is 2.38. The quantitative estimate of drug-likeness (QED) is 0.686. The standard InChI is InChI=1S/C11H21NO/c12-11(7-3-4-8-11)10(13)9-5-1-2-6-9/h9-10,13H,1-8,12H2. The smallest absolute Gasteiger partial charge is 0.0747 e. The van der Waals surface area contributed by atoms with Crippen molar-refractivity contribution in [2.24, 2.45) is 11.7 Å². The van der Waals surface area contributed by atoms with Gasteiger partial charge in [-0.2, -0.15) is 0 Å². The molecule has 0 aliphatic heterocycles. The van der Waals surface area contributed by atoms with E-state index in [0.29, 0.717) is 5.92 Å². The second-order valence-electron chi connectivity index (χ2n) is 4.93. The van der Waals surface area contributed by atoms with Gasteiger partial charge in [0.1, 0.15) is 0 Å². The molecule has 0 spiro atoms. The molecule has 0 aromatic rings. The summed E-state index contributed by atoms with van der Waals surface area (Å²) in [7, 11) is 0. The lowest BCUT2D eigenvalue weighted by Gasteiger charge is -2.33. The van der Waals surface area contributed by atoms with Gasteiger partial charge in [0, 0.05) is 5.54 Å². The summed E-state index contributed by atoms with van der Waals surface area (Å²) in [5, 5.41) is 10.2. The fourth-order valence-electron chi connectivity index (χ4n) is 3.07. The van der Waals surface area contributed by atoms with Crippen LogP contribution in [0.3, 0.4) is 0 Å². The van der Waals surface area contributed by atoms with E-state index in [1.165, 1.54) is 38.5 Å². The van der Waals surface area contributed by atoms with Crippen LogP contribution in [-0.2, 0) is 0 Å². The molecule has 0 aromatic carbocycles. The molecule has 2 aliphatic carbocycles. The first-order chi connectivity index (χ1) is 6.22. The van der Waals surface area contributed by atoms with Crippen LogP contribution >= 0.6 is 0 Å². The highest BCUT2D eigenvalue weighted by Gasteiger charge is 2.41. The van der Waals surface area contributed by atoms with Crippen LogP contribution in [0.25, 0.3) is 0 Å². The van der Waals surface area contributed by atoms with Gasteiger partial charge in [-0.15, -0.1) is 0 Å². The van der Waals surface area contributed by atoms with Crippen LogP contribution in [-0.4, -0.2) is 16.7 Å². The van der Waals surface area contributed by atoms with Crippen molar-refractivity contribution in [1.82, 2.24) is 0 Å². The van der Waals surface area contributed by atoms with E-state index in [1.54, 1.807) is 0 Å². The van der Waals surface area contributed by atoms with E-state index in [2.05, 4.69) is 0 Å². The molecule has 2 saturated carbocycles. The van der Waals surface area contributed by atoms with Gasteiger partial charge < -0.3 is 10.8 Å². The largest absolute Gasteiger partial charge is 0.391 e. The fourth-order valence-corrected chi connectivity index (χ4v) is 3.07. The Hall–Kier alpha value is -0.0800. The summed E-state index contributed by atoms with van der Waals surface area (Å²) in [5.41, 5.74) is 6.01. The van der Waals surface area contributed by atoms with E-state index in [0.717, 1.165) is 12.8 Å². The molecule has 3 N–H and O–H groups in total. The average Bonchev–Trinajstić information content (AvgIpc) is 2.73. The van der Waals surface area contributed by atoms with E-state index in [9.17, 15) is 5.11 Å². The predicted molar refractivity (Wildman–Crippen MR) is 53.4 cm³/mol. The van der Waals surface area contributed by atoms with Gasteiger partial charge in [-0.3, -0.25) is 0 Å². The lowest BCUT2D eigenvalue weighted by Crippen LogP contribution is -2.51. The molecule has 2 rings (SSSR count). The first kappa shape index (κ1) is 9.47. The van der Waals surface area contributed by atoms with Gasteiger partial charge in [0.15, 0.2) is 0 Å². The first-order valence-corrected chi connectivity index (χ1v) is 5.69. The van der Waals surface area contributed by atoms with Crippen molar-refractivity contribution in [1.29, 1.82) is 0 Å². The van der Waals surface area contributed by atoms with E-state index in [1.807, 2.05) is 0 Å². The maximum Gasteiger partial charge on any atom is 0.0747 e. The highest BCUT2D eigenvalue weighted by molar-refractivity contribution is 4.98. The molecule has 76 valence electrons. The van der Waals surface area contributed by atoms with Crippen molar-refractivity contribution in [3.05, 3.63) is 0 Å². The molecular formula is C11H21NO. The van der Waals surface area contributed by atoms with E-state index in [4.69, 9.17) is 5.73 Å². The summed E-state index contributed by atoms with van der Waals surface area (Å²) in [6.07, 6.45) is 9.23. The molecule has 0 saturated heterocycles. The molecule has 2 nitrogen and oxygen atoms in total. The molecule has 2 heteroatoms. The predicted octanol–water partition coefficient (Wildman–Crippen LogP) is 1.81. The molecule has 1 atom stereocenters. The van der Waals surface area contributed by atoms with Crippen molar-refractivity contribution >= 4 is 0 Å². The molecule has 1 unspecified atom stereocenters. The Morgan fingerprint density at radius 1 is 1.08 bits per heavy atom. The third kappa shape index (κ3) is 1.75. The van der Waals surface area contributed by atoms with E-state index in [-0.39, 0.29) is 11.6 Å². The first-order valence-electron chi connectivity index (χ1n) is 5.69. The number of hydrogen-bond donors (Lipinski definition) is 2. The lowest BCUT2D eigenvalue weighted by molar-refractivity contribution is 0.0361. The maximum absolute atomic E-state index is 10.2. The van der Waals surface area contributed by atoms with Crippen molar-refractivity contribution in [3.63, 3.8) is 0 Å². The van der Waals surface area contributed by atoms with Gasteiger partial charge >= 0.3 is 0 Å². The molecule has 0 aromatic heterocycles. The third-order valence-corrected chi connectivity index (χ3v) is 3.97. The summed E-state index contributed by atoms with van der Waals surface area (Å²) in [4.78, 5) is 0. The Morgan fingerprint density at radius 2 is 1.62 bits per heavy atom. The highest BCUT2D eigenvalue weighted by atomic mass is 16.3. The van der Waals surface area contributed by atoms with Crippen molar-refractivity contribution in [3.8, 4) is 0 Å². The molecular weight excluding hydrogens is 162 g/mol. The van der Waals surface area contributed by atoms with Crippen LogP contribution in [0.5, 0.6) is 0 Å². The van der Waals surface area contributed by atoms with Crippen LogP contribution in [0.15, 0.2) is 0 Å². The minimum atomic E-state index is -0.227. The van der Waals surface area contributed by atoms with Crippen LogP contribution in [0.4, 0.5) is 0 Å². The second-order valence-corrected chi connectivity index (χ2v) is 4.93. The zero-order valence-corrected chi connectivity index (χ0v) is 8.34. The van der Waals surface area contributed by atoms with Gasteiger partial charge in [0.2, 0.25) is 0 Å². The molecule has 0 heterocycles. The van der Waals surface area contributed by atoms with Gasteiger partial charge in [0.25, 0.3) is 0 Å². The van der Waals surface area contributed by atoms with E-state index < -0.39 is 0 Å². The minimum Gasteiger partial charge on any atom is -0.391 e. The maximum atomic E-state index is 10.2. The van der Waals surface area contributed by atoms with Crippen LogP contribution < -0.4 is 5.73 Å². The molecule has 0 radical (unpaired) electrons. The summed E-state index contributed by atoms with van der Waals surface area (Å²) in [6.45, 7) is 0. The minimum absolute atomic E-state index is 0.225. The van der Waals surface area contributed by atoms with Crippen LogP contribution in [0.1, 0.15) is 51.4 Å². The van der Waals surface area contributed by atoms with Gasteiger partial charge in [-0.25, -0.2) is 0 Å². The Kier molecular flexibility index (Phi) is 2.61. The zero-order chi connectivity index (χ0) is 9.31. The normalized spacial score (nSPS) is 30.9. The summed E-state index contributed by atoms with van der Waals surface area (Å²) in [5.74, 6) is 0.503. The third-order valence-electron chi connectivity index (χ3n) is 3.97. The number of nitrogens with two attached hydrogens (primary N) is 1. The summed E-state index contributed by atoms with van der Waals surface area (Å²) in [6, 6.07) is 0. The Morgan fingerprint density at radius 3 is 2.15 bits per heavy atom. The molecule has 0 bridgehead atoms. The molecule has 0 amide bonds. The van der Waals surface area contributed by atoms with Crippen LogP contribution in [0.2, 0.25) is 0 Å². The number of hydrogen-bond acceptors (Lipinski definition) is 2. The lowest BCUT2D eigenvalue weighted by atomic mass is 9.82. The Bertz CT molecular complexity index is 169. The monoisotopic (exact) mass is 183 g/mol. The second kappa shape index (κ2) is 3.58. The van der Waals surface area contributed by atoms with Gasteiger partial charge in [0.05, 0.1) is 6.10 Å². The average molecular weight is 183 g/mol. The van der Waals surface area contributed by atoms with Crippen molar-refractivity contribution in [2.45, 2.75) is 63.0 Å². The molecule has 13 heavy (non-hydrogen) atoms.